The van der Waals surface area contributed by atoms with E-state index < -0.39 is 15.9 Å². The zero-order chi connectivity index (χ0) is 20.9. The van der Waals surface area contributed by atoms with Crippen molar-refractivity contribution in [3.05, 3.63) is 65.4 Å². The summed E-state index contributed by atoms with van der Waals surface area (Å²) in [5, 5.41) is 2.69. The number of rotatable bonds is 7. The predicted octanol–water partition coefficient (Wildman–Crippen LogP) is 3.55. The van der Waals surface area contributed by atoms with Crippen molar-refractivity contribution in [1.82, 2.24) is 5.32 Å². The van der Waals surface area contributed by atoms with E-state index in [0.717, 1.165) is 15.4 Å². The Labute approximate surface area is 166 Å². The van der Waals surface area contributed by atoms with E-state index >= 15 is 0 Å². The summed E-state index contributed by atoms with van der Waals surface area (Å²) in [6, 6.07) is 11.7. The molecular weight excluding hydrogens is 376 g/mol. The van der Waals surface area contributed by atoms with Crippen LogP contribution in [0.2, 0.25) is 0 Å². The summed E-state index contributed by atoms with van der Waals surface area (Å²) in [7, 11) is -2.52. The van der Waals surface area contributed by atoms with Crippen molar-refractivity contribution >= 4 is 21.6 Å². The largest absolute Gasteiger partial charge is 0.495 e. The van der Waals surface area contributed by atoms with E-state index in [2.05, 4.69) is 5.32 Å². The summed E-state index contributed by atoms with van der Waals surface area (Å²) < 4.78 is 33.2. The lowest BCUT2D eigenvalue weighted by Gasteiger charge is -2.26. The number of methoxy groups -OCH3 is 1. The minimum absolute atomic E-state index is 0.109. The molecule has 6 nitrogen and oxygen atoms in total. The smallest absolute Gasteiger partial charge is 0.264 e. The molecule has 0 aromatic heterocycles. The molecule has 150 valence electrons. The Bertz CT molecular complexity index is 980. The Morgan fingerprint density at radius 3 is 2.29 bits per heavy atom. The highest BCUT2D eigenvalue weighted by Crippen LogP contribution is 2.33. The maximum Gasteiger partial charge on any atom is 0.264 e. The fourth-order valence-corrected chi connectivity index (χ4v) is 4.02. The number of hydrogen-bond donors (Lipinski definition) is 1. The first-order valence-corrected chi connectivity index (χ1v) is 10.3. The first-order valence-electron chi connectivity index (χ1n) is 8.86. The second-order valence-corrected chi connectivity index (χ2v) is 8.38. The molecule has 0 aliphatic rings. The number of carbonyl (C=O) groups excluding carboxylic acids is 1. The number of ether oxygens (including phenoxy) is 1. The van der Waals surface area contributed by atoms with E-state index in [9.17, 15) is 13.2 Å². The number of nitrogens with zero attached hydrogens (tertiary/aromatic N) is 1. The topological polar surface area (TPSA) is 75.7 Å². The molecule has 0 aliphatic heterocycles. The van der Waals surface area contributed by atoms with Crippen LogP contribution in [0.5, 0.6) is 5.75 Å². The zero-order valence-electron chi connectivity index (χ0n) is 16.8. The Balaban J connectivity index is 2.57. The number of nitrogens with one attached hydrogen (secondary N) is 1. The molecule has 0 radical (unpaired) electrons. The van der Waals surface area contributed by atoms with Crippen LogP contribution in [-0.4, -0.2) is 28.0 Å². The van der Waals surface area contributed by atoms with E-state index in [1.807, 2.05) is 19.9 Å². The van der Waals surface area contributed by atoms with Crippen LogP contribution in [0, 0.1) is 13.8 Å². The summed E-state index contributed by atoms with van der Waals surface area (Å²) in [4.78, 5) is 12.6. The third-order valence-corrected chi connectivity index (χ3v) is 6.04. The molecule has 0 heterocycles. The van der Waals surface area contributed by atoms with Crippen LogP contribution in [0.3, 0.4) is 0 Å². The molecule has 1 N–H and O–H groups in total. The van der Waals surface area contributed by atoms with E-state index in [0.29, 0.717) is 17.1 Å². The summed E-state index contributed by atoms with van der Waals surface area (Å²) >= 11 is 0. The Kier molecular flexibility index (Phi) is 6.85. The van der Waals surface area contributed by atoms with Gasteiger partial charge in [-0.05, 0) is 57.5 Å². The summed E-state index contributed by atoms with van der Waals surface area (Å²) in [6.07, 6.45) is 1.74. The average Bonchev–Trinajstić information content (AvgIpc) is 2.66. The summed E-state index contributed by atoms with van der Waals surface area (Å²) in [6.45, 7) is 6.89. The molecule has 28 heavy (non-hydrogen) atoms. The molecule has 2 rings (SSSR count). The molecule has 2 aromatic carbocycles. The quantitative estimate of drug-likeness (QED) is 0.768. The number of anilines is 1. The number of allylic oxidation sites excluding steroid dienone is 2. The van der Waals surface area contributed by atoms with Crippen molar-refractivity contribution < 1.29 is 17.9 Å². The van der Waals surface area contributed by atoms with Crippen molar-refractivity contribution in [2.24, 2.45) is 0 Å². The molecule has 0 bridgehead atoms. The van der Waals surface area contributed by atoms with Crippen LogP contribution in [-0.2, 0) is 14.8 Å². The minimum Gasteiger partial charge on any atom is -0.495 e. The lowest BCUT2D eigenvalue weighted by Crippen LogP contribution is -2.40. The molecule has 0 saturated heterocycles. The highest BCUT2D eigenvalue weighted by molar-refractivity contribution is 7.92. The van der Waals surface area contributed by atoms with Gasteiger partial charge in [-0.1, -0.05) is 29.8 Å². The van der Waals surface area contributed by atoms with Gasteiger partial charge in [-0.25, -0.2) is 8.42 Å². The van der Waals surface area contributed by atoms with Crippen LogP contribution in [0.25, 0.3) is 0 Å². The molecule has 0 atom stereocenters. The van der Waals surface area contributed by atoms with Gasteiger partial charge in [0.15, 0.2) is 0 Å². The van der Waals surface area contributed by atoms with Crippen molar-refractivity contribution in [1.29, 1.82) is 0 Å². The minimum atomic E-state index is -3.98. The predicted molar refractivity (Wildman–Crippen MR) is 111 cm³/mol. The number of amides is 1. The van der Waals surface area contributed by atoms with Crippen molar-refractivity contribution in [3.63, 3.8) is 0 Å². The first kappa shape index (κ1) is 21.5. The molecule has 0 spiro atoms. The fourth-order valence-electron chi connectivity index (χ4n) is 2.59. The number of sulfonamides is 1. The highest BCUT2D eigenvalue weighted by Gasteiger charge is 2.29. The van der Waals surface area contributed by atoms with Crippen LogP contribution < -0.4 is 14.4 Å². The van der Waals surface area contributed by atoms with Crippen LogP contribution in [0.15, 0.2) is 59.1 Å². The molecule has 2 aromatic rings. The lowest BCUT2D eigenvalue weighted by atomic mass is 10.2. The van der Waals surface area contributed by atoms with Gasteiger partial charge in [-0.15, -0.1) is 0 Å². The third kappa shape index (κ3) is 4.92. The maximum absolute atomic E-state index is 13.4. The Morgan fingerprint density at radius 2 is 1.71 bits per heavy atom. The van der Waals surface area contributed by atoms with Gasteiger partial charge in [0.05, 0.1) is 17.7 Å². The summed E-state index contributed by atoms with van der Waals surface area (Å²) in [5.41, 5.74) is 2.76. The van der Waals surface area contributed by atoms with E-state index in [1.165, 1.54) is 19.2 Å². The fraction of sp³-hybridized carbons (Fsp3) is 0.286. The SMILES string of the molecule is C/C=C(\C)NC(=O)CN(c1cc(C)ccc1OC)S(=O)(=O)c1ccc(C)cc1. The second kappa shape index (κ2) is 8.93. The van der Waals surface area contributed by atoms with E-state index in [-0.39, 0.29) is 11.4 Å². The molecule has 0 fully saturated rings. The Hall–Kier alpha value is -2.80. The molecule has 7 heteroatoms. The lowest BCUT2D eigenvalue weighted by molar-refractivity contribution is -0.118. The molecule has 0 aliphatic carbocycles. The number of carbonyl (C=O) groups is 1. The van der Waals surface area contributed by atoms with Gasteiger partial charge in [0.1, 0.15) is 12.3 Å². The number of benzene rings is 2. The number of hydrogen-bond acceptors (Lipinski definition) is 4. The van der Waals surface area contributed by atoms with Gasteiger partial charge >= 0.3 is 0 Å². The second-order valence-electron chi connectivity index (χ2n) is 6.52. The average molecular weight is 403 g/mol. The highest BCUT2D eigenvalue weighted by atomic mass is 32.2. The Morgan fingerprint density at radius 1 is 1.11 bits per heavy atom. The summed E-state index contributed by atoms with van der Waals surface area (Å²) in [5.74, 6) is -0.0633. The maximum atomic E-state index is 13.4. The molecular formula is C21H26N2O4S. The first-order chi connectivity index (χ1) is 13.2. The van der Waals surface area contributed by atoms with Crippen molar-refractivity contribution in [2.45, 2.75) is 32.6 Å². The van der Waals surface area contributed by atoms with Gasteiger partial charge in [0.25, 0.3) is 10.0 Å². The monoisotopic (exact) mass is 402 g/mol. The molecule has 1 amide bonds. The molecule has 0 saturated carbocycles. The standard InChI is InChI=1S/C21H26N2O4S/c1-6-17(4)22-21(24)14-23(19-13-16(3)9-12-20(19)27-5)28(25,26)18-10-7-15(2)8-11-18/h6-13H,14H2,1-5H3,(H,22,24)/b17-6+. The number of aryl methyl sites for hydroxylation is 2. The van der Waals surface area contributed by atoms with Gasteiger partial charge < -0.3 is 10.1 Å². The van der Waals surface area contributed by atoms with Gasteiger partial charge in [0.2, 0.25) is 5.91 Å². The van der Waals surface area contributed by atoms with E-state index in [1.54, 1.807) is 44.2 Å². The zero-order valence-corrected chi connectivity index (χ0v) is 17.6. The van der Waals surface area contributed by atoms with Crippen LogP contribution >= 0.6 is 0 Å². The van der Waals surface area contributed by atoms with Crippen LogP contribution in [0.1, 0.15) is 25.0 Å². The van der Waals surface area contributed by atoms with Gasteiger partial charge in [-0.2, -0.15) is 0 Å². The normalized spacial score (nSPS) is 11.8. The van der Waals surface area contributed by atoms with Crippen molar-refractivity contribution in [2.75, 3.05) is 18.0 Å². The third-order valence-electron chi connectivity index (χ3n) is 4.27. The van der Waals surface area contributed by atoms with Crippen molar-refractivity contribution in [3.8, 4) is 5.75 Å². The molecule has 0 unspecified atom stereocenters. The van der Waals surface area contributed by atoms with Crippen LogP contribution in [0.4, 0.5) is 5.69 Å². The van der Waals surface area contributed by atoms with E-state index in [4.69, 9.17) is 4.74 Å². The van der Waals surface area contributed by atoms with Gasteiger partial charge in [0, 0.05) is 5.70 Å². The van der Waals surface area contributed by atoms with Gasteiger partial charge in [-0.3, -0.25) is 9.10 Å².